The number of anilines is 2. The van der Waals surface area contributed by atoms with Crippen LogP contribution < -0.4 is 10.2 Å². The van der Waals surface area contributed by atoms with Crippen LogP contribution in [0.15, 0.2) is 54.9 Å². The fourth-order valence-corrected chi connectivity index (χ4v) is 2.37. The number of nitrogens with one attached hydrogen (secondary N) is 1. The largest absolute Gasteiger partial charge is 0.395 e. The number of pyridine rings is 1. The van der Waals surface area contributed by atoms with Gasteiger partial charge in [-0.2, -0.15) is 0 Å². The third-order valence-electron chi connectivity index (χ3n) is 3.65. The van der Waals surface area contributed by atoms with Crippen LogP contribution in [-0.2, 0) is 0 Å². The molecule has 0 unspecified atom stereocenters. The Bertz CT molecular complexity index is 811. The zero-order chi connectivity index (χ0) is 16.2. The minimum absolute atomic E-state index is 0.100. The number of hydrogen-bond acceptors (Lipinski definition) is 4. The van der Waals surface area contributed by atoms with Crippen LogP contribution in [0.2, 0.25) is 0 Å². The maximum Gasteiger partial charge on any atom is 0.274 e. The summed E-state index contributed by atoms with van der Waals surface area (Å²) in [7, 11) is 1.90. The summed E-state index contributed by atoms with van der Waals surface area (Å²) in [6, 6.07) is 13.1. The molecule has 0 spiro atoms. The Labute approximate surface area is 134 Å². The van der Waals surface area contributed by atoms with Crippen molar-refractivity contribution in [3.63, 3.8) is 0 Å². The summed E-state index contributed by atoms with van der Waals surface area (Å²) < 4.78 is 1.75. The van der Waals surface area contributed by atoms with E-state index in [1.165, 1.54) is 0 Å². The Hall–Kier alpha value is -2.86. The van der Waals surface area contributed by atoms with E-state index in [0.717, 1.165) is 11.3 Å². The normalized spacial score (nSPS) is 10.7. The van der Waals surface area contributed by atoms with Crippen LogP contribution in [0.3, 0.4) is 0 Å². The van der Waals surface area contributed by atoms with Crippen molar-refractivity contribution in [3.8, 4) is 0 Å². The Balaban J connectivity index is 1.75. The molecular weight excluding hydrogens is 292 g/mol. The molecule has 0 aliphatic rings. The summed E-state index contributed by atoms with van der Waals surface area (Å²) >= 11 is 0. The van der Waals surface area contributed by atoms with Crippen molar-refractivity contribution in [1.82, 2.24) is 9.38 Å². The molecule has 0 saturated heterocycles. The first kappa shape index (κ1) is 15.1. The second-order valence-electron chi connectivity index (χ2n) is 5.22. The Kier molecular flexibility index (Phi) is 4.25. The fourth-order valence-electron chi connectivity index (χ4n) is 2.37. The summed E-state index contributed by atoms with van der Waals surface area (Å²) in [5.41, 5.74) is 2.91. The van der Waals surface area contributed by atoms with Gasteiger partial charge in [0.2, 0.25) is 0 Å². The molecule has 0 fully saturated rings. The molecule has 0 radical (unpaired) electrons. The van der Waals surface area contributed by atoms with Crippen molar-refractivity contribution in [2.45, 2.75) is 0 Å². The molecule has 0 aliphatic heterocycles. The number of benzene rings is 1. The van der Waals surface area contributed by atoms with Gasteiger partial charge in [-0.25, -0.2) is 4.98 Å². The number of aromatic nitrogens is 2. The van der Waals surface area contributed by atoms with Gasteiger partial charge in [-0.15, -0.1) is 0 Å². The molecule has 118 valence electrons. The molecule has 3 rings (SSSR count). The lowest BCUT2D eigenvalue weighted by molar-refractivity contribution is 0.102. The van der Waals surface area contributed by atoms with Gasteiger partial charge < -0.3 is 15.3 Å². The Morgan fingerprint density at radius 1 is 1.26 bits per heavy atom. The highest BCUT2D eigenvalue weighted by atomic mass is 16.3. The zero-order valence-corrected chi connectivity index (χ0v) is 12.8. The van der Waals surface area contributed by atoms with Crippen molar-refractivity contribution >= 4 is 22.9 Å². The second-order valence-corrected chi connectivity index (χ2v) is 5.22. The summed E-state index contributed by atoms with van der Waals surface area (Å²) in [5, 5.41) is 11.8. The number of likely N-dealkylation sites (N-methyl/N-ethyl adjacent to an activating group) is 1. The third-order valence-corrected chi connectivity index (χ3v) is 3.65. The van der Waals surface area contributed by atoms with Crippen LogP contribution in [-0.4, -0.2) is 40.6 Å². The lowest BCUT2D eigenvalue weighted by atomic mass is 10.2. The van der Waals surface area contributed by atoms with Gasteiger partial charge in [-0.1, -0.05) is 6.07 Å². The second kappa shape index (κ2) is 6.50. The number of fused-ring (bicyclic) bond motifs is 1. The minimum atomic E-state index is -0.208. The van der Waals surface area contributed by atoms with Gasteiger partial charge in [0.05, 0.1) is 12.8 Å². The molecule has 1 amide bonds. The van der Waals surface area contributed by atoms with E-state index in [2.05, 4.69) is 10.3 Å². The molecule has 0 aliphatic carbocycles. The molecule has 0 saturated carbocycles. The van der Waals surface area contributed by atoms with Crippen LogP contribution in [0.1, 0.15) is 10.5 Å². The fraction of sp³-hybridized carbons (Fsp3) is 0.176. The predicted octanol–water partition coefficient (Wildman–Crippen LogP) is 2.02. The van der Waals surface area contributed by atoms with Gasteiger partial charge in [0.15, 0.2) is 0 Å². The number of rotatable bonds is 5. The van der Waals surface area contributed by atoms with Crippen LogP contribution in [0, 0.1) is 0 Å². The number of carbonyl (C=O) groups is 1. The van der Waals surface area contributed by atoms with Crippen molar-refractivity contribution in [3.05, 3.63) is 60.6 Å². The number of hydrogen-bond donors (Lipinski definition) is 2. The SMILES string of the molecule is CN(CCO)c1ccc(NC(=O)c2cnc3ccccn23)cc1. The Morgan fingerprint density at radius 2 is 2.04 bits per heavy atom. The van der Waals surface area contributed by atoms with E-state index in [0.29, 0.717) is 17.9 Å². The van der Waals surface area contributed by atoms with Crippen molar-refractivity contribution in [2.24, 2.45) is 0 Å². The van der Waals surface area contributed by atoms with E-state index in [-0.39, 0.29) is 12.5 Å². The monoisotopic (exact) mass is 310 g/mol. The van der Waals surface area contributed by atoms with E-state index in [1.807, 2.05) is 60.6 Å². The van der Waals surface area contributed by atoms with Gasteiger partial charge in [0.25, 0.3) is 5.91 Å². The first-order chi connectivity index (χ1) is 11.2. The number of aliphatic hydroxyl groups is 1. The molecule has 0 bridgehead atoms. The number of imidazole rings is 1. The molecule has 2 aromatic heterocycles. The number of nitrogens with zero attached hydrogens (tertiary/aromatic N) is 3. The summed E-state index contributed by atoms with van der Waals surface area (Å²) in [5.74, 6) is -0.208. The van der Waals surface area contributed by atoms with Gasteiger partial charge in [0, 0.05) is 31.2 Å². The highest BCUT2D eigenvalue weighted by Crippen LogP contribution is 2.17. The first-order valence-corrected chi connectivity index (χ1v) is 7.34. The molecule has 2 N–H and O–H groups in total. The summed E-state index contributed by atoms with van der Waals surface area (Å²) in [4.78, 5) is 18.5. The average Bonchev–Trinajstić information content (AvgIpc) is 3.00. The smallest absolute Gasteiger partial charge is 0.274 e. The standard InChI is InChI=1S/C17H18N4O2/c1-20(10-11-22)14-7-5-13(6-8-14)19-17(23)15-12-18-16-4-2-3-9-21(15)16/h2-9,12,22H,10-11H2,1H3,(H,19,23). The van der Waals surface area contributed by atoms with Gasteiger partial charge in [0.1, 0.15) is 11.3 Å². The molecule has 1 aromatic carbocycles. The molecule has 6 heteroatoms. The highest BCUT2D eigenvalue weighted by Gasteiger charge is 2.12. The Morgan fingerprint density at radius 3 is 2.78 bits per heavy atom. The van der Waals surface area contributed by atoms with Gasteiger partial charge in [-0.05, 0) is 36.4 Å². The molecule has 23 heavy (non-hydrogen) atoms. The summed E-state index contributed by atoms with van der Waals surface area (Å²) in [6.45, 7) is 0.663. The van der Waals surface area contributed by atoms with E-state index in [4.69, 9.17) is 5.11 Å². The van der Waals surface area contributed by atoms with Crippen LogP contribution in [0.25, 0.3) is 5.65 Å². The molecular formula is C17H18N4O2. The predicted molar refractivity (Wildman–Crippen MR) is 89.9 cm³/mol. The lowest BCUT2D eigenvalue weighted by Gasteiger charge is -2.18. The quantitative estimate of drug-likeness (QED) is 0.756. The molecule has 2 heterocycles. The van der Waals surface area contributed by atoms with Crippen molar-refractivity contribution in [1.29, 1.82) is 0 Å². The van der Waals surface area contributed by atoms with E-state index in [1.54, 1.807) is 10.6 Å². The van der Waals surface area contributed by atoms with E-state index in [9.17, 15) is 4.79 Å². The number of aliphatic hydroxyl groups excluding tert-OH is 1. The van der Waals surface area contributed by atoms with Crippen molar-refractivity contribution in [2.75, 3.05) is 30.4 Å². The summed E-state index contributed by atoms with van der Waals surface area (Å²) in [6.07, 6.45) is 3.37. The van der Waals surface area contributed by atoms with Gasteiger partial charge >= 0.3 is 0 Å². The topological polar surface area (TPSA) is 69.9 Å². The molecule has 3 aromatic rings. The van der Waals surface area contributed by atoms with Crippen LogP contribution in [0.4, 0.5) is 11.4 Å². The van der Waals surface area contributed by atoms with Crippen LogP contribution >= 0.6 is 0 Å². The van der Waals surface area contributed by atoms with E-state index >= 15 is 0 Å². The number of amides is 1. The molecule has 6 nitrogen and oxygen atoms in total. The minimum Gasteiger partial charge on any atom is -0.395 e. The van der Waals surface area contributed by atoms with Crippen molar-refractivity contribution < 1.29 is 9.90 Å². The maximum absolute atomic E-state index is 12.4. The average molecular weight is 310 g/mol. The highest BCUT2D eigenvalue weighted by molar-refractivity contribution is 6.03. The molecule has 0 atom stereocenters. The number of carbonyl (C=O) groups excluding carboxylic acids is 1. The maximum atomic E-state index is 12.4. The van der Waals surface area contributed by atoms with E-state index < -0.39 is 0 Å². The van der Waals surface area contributed by atoms with Crippen LogP contribution in [0.5, 0.6) is 0 Å². The zero-order valence-electron chi connectivity index (χ0n) is 12.8. The van der Waals surface area contributed by atoms with Gasteiger partial charge in [-0.3, -0.25) is 9.20 Å². The third kappa shape index (κ3) is 3.17. The first-order valence-electron chi connectivity index (χ1n) is 7.34. The lowest BCUT2D eigenvalue weighted by Crippen LogP contribution is -2.21.